The Balaban J connectivity index is 3.02. The lowest BCUT2D eigenvalue weighted by Crippen LogP contribution is -2.25. The number of rotatable bonds is 12. The lowest BCUT2D eigenvalue weighted by molar-refractivity contribution is -0.00185. The second kappa shape index (κ2) is 12.9. The maximum atomic E-state index is 5.58. The van der Waals surface area contributed by atoms with Gasteiger partial charge >= 0.3 is 0 Å². The second-order valence-electron chi connectivity index (χ2n) is 4.15. The average Bonchev–Trinajstić information content (AvgIpc) is 2.30. The first-order valence-corrected chi connectivity index (χ1v) is 6.71. The molecule has 0 aromatic rings. The van der Waals surface area contributed by atoms with E-state index in [-0.39, 0.29) is 6.10 Å². The molecule has 0 aliphatic rings. The van der Waals surface area contributed by atoms with E-state index in [0.29, 0.717) is 6.61 Å². The highest BCUT2D eigenvalue weighted by molar-refractivity contribution is 4.51. The van der Waals surface area contributed by atoms with Crippen molar-refractivity contribution >= 4 is 0 Å². The maximum Gasteiger partial charge on any atom is 0.0781 e. The Hall–Kier alpha value is -0.120. The van der Waals surface area contributed by atoms with E-state index in [1.54, 1.807) is 0 Å². The van der Waals surface area contributed by atoms with Crippen molar-refractivity contribution in [3.8, 4) is 0 Å². The topological polar surface area (TPSA) is 30.5 Å². The normalized spacial score (nSPS) is 12.9. The van der Waals surface area contributed by atoms with Gasteiger partial charge in [-0.1, -0.05) is 26.2 Å². The molecule has 0 saturated heterocycles. The summed E-state index contributed by atoms with van der Waals surface area (Å²) in [6.45, 7) is 10.6. The number of unbranched alkanes of at least 4 members (excludes halogenated alkanes) is 3. The molecule has 0 amide bonds. The number of hydrogen-bond acceptors (Lipinski definition) is 3. The van der Waals surface area contributed by atoms with E-state index in [0.717, 1.165) is 26.3 Å². The molecule has 1 unspecified atom stereocenters. The molecule has 0 heterocycles. The quantitative estimate of drug-likeness (QED) is 0.524. The Kier molecular flexibility index (Phi) is 12.9. The molecule has 0 bridgehead atoms. The molecule has 0 aromatic carbocycles. The van der Waals surface area contributed by atoms with E-state index >= 15 is 0 Å². The Morgan fingerprint density at radius 3 is 2.56 bits per heavy atom. The van der Waals surface area contributed by atoms with Crippen molar-refractivity contribution in [1.82, 2.24) is 5.32 Å². The van der Waals surface area contributed by atoms with Gasteiger partial charge in [-0.05, 0) is 26.8 Å². The summed E-state index contributed by atoms with van der Waals surface area (Å²) in [6.07, 6.45) is 5.48. The Labute approximate surface area is 101 Å². The van der Waals surface area contributed by atoms with Crippen LogP contribution in [0.1, 0.15) is 46.5 Å². The predicted octanol–water partition coefficient (Wildman–Crippen LogP) is 2.60. The fourth-order valence-electron chi connectivity index (χ4n) is 1.47. The molecular formula is C13H29NO2. The third kappa shape index (κ3) is 12.0. The molecule has 0 aromatic heterocycles. The van der Waals surface area contributed by atoms with Crippen molar-refractivity contribution in [1.29, 1.82) is 0 Å². The molecule has 0 saturated carbocycles. The third-order valence-corrected chi connectivity index (χ3v) is 2.44. The van der Waals surface area contributed by atoms with E-state index in [2.05, 4.69) is 19.2 Å². The number of hydrogen-bond donors (Lipinski definition) is 1. The van der Waals surface area contributed by atoms with E-state index in [4.69, 9.17) is 9.47 Å². The molecule has 16 heavy (non-hydrogen) atoms. The summed E-state index contributed by atoms with van der Waals surface area (Å²) in [6, 6.07) is 0. The minimum Gasteiger partial charge on any atom is -0.379 e. The molecule has 1 N–H and O–H groups in total. The minimum absolute atomic E-state index is 0.210. The standard InChI is InChI=1S/C13H29NO2/c1-4-6-7-8-9-14-10-11-16-13(3)12-15-5-2/h13-14H,4-12H2,1-3H3. The first kappa shape index (κ1) is 15.9. The van der Waals surface area contributed by atoms with Crippen molar-refractivity contribution in [2.45, 2.75) is 52.6 Å². The summed E-state index contributed by atoms with van der Waals surface area (Å²) in [5.74, 6) is 0. The summed E-state index contributed by atoms with van der Waals surface area (Å²) in [5.41, 5.74) is 0. The largest absolute Gasteiger partial charge is 0.379 e. The molecule has 3 nitrogen and oxygen atoms in total. The van der Waals surface area contributed by atoms with Crippen LogP contribution < -0.4 is 5.32 Å². The van der Waals surface area contributed by atoms with Crippen LogP contribution >= 0.6 is 0 Å². The summed E-state index contributed by atoms with van der Waals surface area (Å²) in [4.78, 5) is 0. The van der Waals surface area contributed by atoms with Gasteiger partial charge in [0.25, 0.3) is 0 Å². The van der Waals surface area contributed by atoms with Crippen molar-refractivity contribution in [2.24, 2.45) is 0 Å². The van der Waals surface area contributed by atoms with E-state index in [1.807, 2.05) is 6.92 Å². The van der Waals surface area contributed by atoms with Crippen molar-refractivity contribution < 1.29 is 9.47 Å². The fourth-order valence-corrected chi connectivity index (χ4v) is 1.47. The fraction of sp³-hybridized carbons (Fsp3) is 1.00. The summed E-state index contributed by atoms with van der Waals surface area (Å²) >= 11 is 0. The van der Waals surface area contributed by atoms with Gasteiger partial charge in [0.05, 0.1) is 19.3 Å². The van der Waals surface area contributed by atoms with Crippen LogP contribution in [0, 0.1) is 0 Å². The third-order valence-electron chi connectivity index (χ3n) is 2.44. The average molecular weight is 231 g/mol. The molecule has 0 rings (SSSR count). The van der Waals surface area contributed by atoms with Crippen LogP contribution in [0.15, 0.2) is 0 Å². The van der Waals surface area contributed by atoms with Crippen LogP contribution in [0.25, 0.3) is 0 Å². The number of ether oxygens (including phenoxy) is 2. The van der Waals surface area contributed by atoms with E-state index < -0.39 is 0 Å². The molecule has 3 heteroatoms. The number of nitrogens with one attached hydrogen (secondary N) is 1. The van der Waals surface area contributed by atoms with Gasteiger partial charge in [-0.25, -0.2) is 0 Å². The van der Waals surface area contributed by atoms with Gasteiger partial charge in [-0.3, -0.25) is 0 Å². The lowest BCUT2D eigenvalue weighted by atomic mass is 10.2. The van der Waals surface area contributed by atoms with Crippen LogP contribution in [-0.4, -0.2) is 39.0 Å². The first-order valence-electron chi connectivity index (χ1n) is 6.71. The van der Waals surface area contributed by atoms with E-state index in [9.17, 15) is 0 Å². The molecule has 0 aliphatic heterocycles. The SMILES string of the molecule is CCCCCCNCCOC(C)COCC. The second-order valence-corrected chi connectivity index (χ2v) is 4.15. The van der Waals surface area contributed by atoms with Gasteiger partial charge < -0.3 is 14.8 Å². The maximum absolute atomic E-state index is 5.58. The Morgan fingerprint density at radius 2 is 1.88 bits per heavy atom. The smallest absolute Gasteiger partial charge is 0.0781 e. The molecule has 0 aliphatic carbocycles. The van der Waals surface area contributed by atoms with Gasteiger partial charge in [0.1, 0.15) is 0 Å². The highest BCUT2D eigenvalue weighted by Gasteiger charge is 2.00. The van der Waals surface area contributed by atoms with Crippen LogP contribution in [0.2, 0.25) is 0 Å². The predicted molar refractivity (Wildman–Crippen MR) is 68.9 cm³/mol. The summed E-state index contributed by atoms with van der Waals surface area (Å²) < 4.78 is 10.9. The zero-order chi connectivity index (χ0) is 12.1. The van der Waals surface area contributed by atoms with Gasteiger partial charge in [-0.2, -0.15) is 0 Å². The highest BCUT2D eigenvalue weighted by atomic mass is 16.5. The summed E-state index contributed by atoms with van der Waals surface area (Å²) in [5, 5.41) is 3.39. The monoisotopic (exact) mass is 231 g/mol. The van der Waals surface area contributed by atoms with Crippen molar-refractivity contribution in [3.63, 3.8) is 0 Å². The Bertz CT molecular complexity index is 131. The zero-order valence-corrected chi connectivity index (χ0v) is 11.3. The van der Waals surface area contributed by atoms with Gasteiger partial charge in [0.15, 0.2) is 0 Å². The molecule has 0 spiro atoms. The van der Waals surface area contributed by atoms with Crippen molar-refractivity contribution in [3.05, 3.63) is 0 Å². The van der Waals surface area contributed by atoms with Crippen LogP contribution in [0.5, 0.6) is 0 Å². The van der Waals surface area contributed by atoms with Crippen LogP contribution in [0.3, 0.4) is 0 Å². The van der Waals surface area contributed by atoms with E-state index in [1.165, 1.54) is 25.7 Å². The molecule has 98 valence electrons. The Morgan fingerprint density at radius 1 is 1.06 bits per heavy atom. The van der Waals surface area contributed by atoms with Gasteiger partial charge in [0, 0.05) is 13.2 Å². The van der Waals surface area contributed by atoms with Crippen LogP contribution in [0.4, 0.5) is 0 Å². The highest BCUT2D eigenvalue weighted by Crippen LogP contribution is 1.96. The summed E-state index contributed by atoms with van der Waals surface area (Å²) in [7, 11) is 0. The van der Waals surface area contributed by atoms with Crippen LogP contribution in [-0.2, 0) is 9.47 Å². The van der Waals surface area contributed by atoms with Gasteiger partial charge in [0.2, 0.25) is 0 Å². The molecule has 0 fully saturated rings. The molecule has 1 atom stereocenters. The van der Waals surface area contributed by atoms with Gasteiger partial charge in [-0.15, -0.1) is 0 Å². The molecule has 0 radical (unpaired) electrons. The minimum atomic E-state index is 0.210. The lowest BCUT2D eigenvalue weighted by Gasteiger charge is -2.13. The zero-order valence-electron chi connectivity index (χ0n) is 11.3. The first-order chi connectivity index (χ1) is 7.81. The molecular weight excluding hydrogens is 202 g/mol. The van der Waals surface area contributed by atoms with Crippen molar-refractivity contribution in [2.75, 3.05) is 32.9 Å².